The summed E-state index contributed by atoms with van der Waals surface area (Å²) < 4.78 is 28.3. The second-order valence-electron chi connectivity index (χ2n) is 5.33. The molecule has 0 aliphatic rings. The van der Waals surface area contributed by atoms with E-state index in [4.69, 9.17) is 10.5 Å². The predicted molar refractivity (Wildman–Crippen MR) is 93.4 cm³/mol. The first-order valence-corrected chi connectivity index (χ1v) is 9.23. The van der Waals surface area contributed by atoms with Gasteiger partial charge in [-0.05, 0) is 36.4 Å². The fourth-order valence-electron chi connectivity index (χ4n) is 2.08. The monoisotopic (exact) mass is 376 g/mol. The highest BCUT2D eigenvalue weighted by molar-refractivity contribution is 7.90. The van der Waals surface area contributed by atoms with Gasteiger partial charge < -0.3 is 15.8 Å². The molecule has 0 aromatic heterocycles. The number of sulfone groups is 1. The van der Waals surface area contributed by atoms with Gasteiger partial charge in [0.05, 0.1) is 10.5 Å². The van der Waals surface area contributed by atoms with Crippen LogP contribution < -0.4 is 11.1 Å². The van der Waals surface area contributed by atoms with Crippen molar-refractivity contribution in [3.63, 3.8) is 0 Å². The molecular formula is C17H16N2O6S. The number of benzene rings is 2. The molecule has 2 aromatic rings. The molecule has 0 saturated carbocycles. The van der Waals surface area contributed by atoms with Crippen molar-refractivity contribution >= 4 is 33.3 Å². The van der Waals surface area contributed by atoms with Crippen LogP contribution in [0.4, 0.5) is 5.69 Å². The van der Waals surface area contributed by atoms with Crippen LogP contribution in [0.25, 0.3) is 0 Å². The lowest BCUT2D eigenvalue weighted by atomic mass is 10.2. The molecule has 26 heavy (non-hydrogen) atoms. The number of nitrogens with one attached hydrogen (secondary N) is 1. The minimum atomic E-state index is -3.62. The van der Waals surface area contributed by atoms with E-state index in [-0.39, 0.29) is 16.0 Å². The average molecular weight is 376 g/mol. The second kappa shape index (κ2) is 7.79. The molecule has 0 heterocycles. The first kappa shape index (κ1) is 19.1. The van der Waals surface area contributed by atoms with Crippen molar-refractivity contribution in [1.29, 1.82) is 0 Å². The number of carbonyl (C=O) groups is 3. The molecule has 2 amide bonds. The number of hydrogen-bond acceptors (Lipinski definition) is 6. The van der Waals surface area contributed by atoms with E-state index >= 15 is 0 Å². The molecule has 2 aromatic carbocycles. The normalized spacial score (nSPS) is 10.8. The Morgan fingerprint density at radius 2 is 1.65 bits per heavy atom. The number of anilines is 1. The Balaban J connectivity index is 1.99. The summed E-state index contributed by atoms with van der Waals surface area (Å²) in [5.74, 6) is -2.14. The molecule has 2 rings (SSSR count). The van der Waals surface area contributed by atoms with E-state index in [1.807, 2.05) is 0 Å². The van der Waals surface area contributed by atoms with Crippen molar-refractivity contribution in [2.75, 3.05) is 18.2 Å². The molecule has 0 saturated heterocycles. The molecule has 0 radical (unpaired) electrons. The summed E-state index contributed by atoms with van der Waals surface area (Å²) in [4.78, 5) is 34.7. The quantitative estimate of drug-likeness (QED) is 0.722. The summed E-state index contributed by atoms with van der Waals surface area (Å²) in [7, 11) is -3.62. The number of ether oxygens (including phenoxy) is 1. The van der Waals surface area contributed by atoms with Crippen molar-refractivity contribution < 1.29 is 27.5 Å². The Labute approximate surface area is 149 Å². The highest BCUT2D eigenvalue weighted by Crippen LogP contribution is 2.16. The molecule has 136 valence electrons. The van der Waals surface area contributed by atoms with Crippen molar-refractivity contribution in [2.45, 2.75) is 4.90 Å². The molecular weight excluding hydrogens is 360 g/mol. The molecule has 0 unspecified atom stereocenters. The van der Waals surface area contributed by atoms with Crippen LogP contribution in [-0.2, 0) is 19.4 Å². The van der Waals surface area contributed by atoms with Gasteiger partial charge in [0.25, 0.3) is 5.91 Å². The SMILES string of the molecule is CS(=O)(=O)c1ccccc1C(=O)OCC(=O)Nc1ccc(C(N)=O)cc1. The van der Waals surface area contributed by atoms with Crippen LogP contribution in [0.15, 0.2) is 53.4 Å². The molecule has 8 nitrogen and oxygen atoms in total. The minimum absolute atomic E-state index is 0.145. The summed E-state index contributed by atoms with van der Waals surface area (Å²) in [5.41, 5.74) is 5.64. The zero-order valence-electron chi connectivity index (χ0n) is 13.8. The molecule has 0 bridgehead atoms. The molecule has 0 spiro atoms. The summed E-state index contributed by atoms with van der Waals surface area (Å²) in [6, 6.07) is 11.4. The lowest BCUT2D eigenvalue weighted by Crippen LogP contribution is -2.22. The highest BCUT2D eigenvalue weighted by Gasteiger charge is 2.20. The van der Waals surface area contributed by atoms with Crippen molar-refractivity contribution in [3.8, 4) is 0 Å². The maximum atomic E-state index is 12.1. The Morgan fingerprint density at radius 1 is 1.04 bits per heavy atom. The number of esters is 1. The third-order valence-electron chi connectivity index (χ3n) is 3.29. The van der Waals surface area contributed by atoms with Crippen LogP contribution in [0.2, 0.25) is 0 Å². The smallest absolute Gasteiger partial charge is 0.339 e. The van der Waals surface area contributed by atoms with Crippen molar-refractivity contribution in [3.05, 3.63) is 59.7 Å². The predicted octanol–water partition coefficient (Wildman–Crippen LogP) is 0.984. The van der Waals surface area contributed by atoms with Crippen LogP contribution in [0.1, 0.15) is 20.7 Å². The van der Waals surface area contributed by atoms with E-state index < -0.39 is 34.2 Å². The Kier molecular flexibility index (Phi) is 5.73. The maximum Gasteiger partial charge on any atom is 0.339 e. The van der Waals surface area contributed by atoms with Gasteiger partial charge in [-0.3, -0.25) is 9.59 Å². The molecule has 0 aliphatic heterocycles. The van der Waals surface area contributed by atoms with Gasteiger partial charge in [-0.15, -0.1) is 0 Å². The van der Waals surface area contributed by atoms with E-state index in [9.17, 15) is 22.8 Å². The van der Waals surface area contributed by atoms with Gasteiger partial charge in [0.1, 0.15) is 0 Å². The Bertz CT molecular complexity index is 951. The molecule has 0 atom stereocenters. The third kappa shape index (κ3) is 4.90. The lowest BCUT2D eigenvalue weighted by Gasteiger charge is -2.09. The van der Waals surface area contributed by atoms with E-state index in [0.29, 0.717) is 5.69 Å². The molecule has 0 aliphatic carbocycles. The second-order valence-corrected chi connectivity index (χ2v) is 7.32. The number of nitrogens with two attached hydrogens (primary N) is 1. The van der Waals surface area contributed by atoms with Crippen LogP contribution in [0.5, 0.6) is 0 Å². The van der Waals surface area contributed by atoms with E-state index in [1.54, 1.807) is 0 Å². The van der Waals surface area contributed by atoms with Crippen LogP contribution in [0.3, 0.4) is 0 Å². The van der Waals surface area contributed by atoms with Gasteiger partial charge in [0, 0.05) is 17.5 Å². The first-order chi connectivity index (χ1) is 12.2. The lowest BCUT2D eigenvalue weighted by molar-refractivity contribution is -0.119. The van der Waals surface area contributed by atoms with Gasteiger partial charge in [0.2, 0.25) is 5.91 Å². The largest absolute Gasteiger partial charge is 0.452 e. The van der Waals surface area contributed by atoms with Gasteiger partial charge >= 0.3 is 5.97 Å². The summed E-state index contributed by atoms with van der Waals surface area (Å²) in [6.45, 7) is -0.603. The van der Waals surface area contributed by atoms with Gasteiger partial charge in [0.15, 0.2) is 16.4 Å². The van der Waals surface area contributed by atoms with Crippen LogP contribution in [-0.4, -0.2) is 39.1 Å². The number of amides is 2. The molecule has 0 fully saturated rings. The fourth-order valence-corrected chi connectivity index (χ4v) is 2.96. The van der Waals surface area contributed by atoms with Crippen LogP contribution in [0, 0.1) is 0 Å². The van der Waals surface area contributed by atoms with E-state index in [2.05, 4.69) is 5.32 Å². The van der Waals surface area contributed by atoms with Gasteiger partial charge in [-0.2, -0.15) is 0 Å². The standard InChI is InChI=1S/C17H16N2O6S/c1-26(23,24)14-5-3-2-4-13(14)17(22)25-10-15(20)19-12-8-6-11(7-9-12)16(18)21/h2-9H,10H2,1H3,(H2,18,21)(H,19,20). The Hall–Kier alpha value is -3.20. The van der Waals surface area contributed by atoms with Gasteiger partial charge in [-0.25, -0.2) is 13.2 Å². The zero-order chi connectivity index (χ0) is 19.3. The summed E-state index contributed by atoms with van der Waals surface area (Å²) in [5, 5.41) is 2.47. The number of hydrogen-bond donors (Lipinski definition) is 2. The highest BCUT2D eigenvalue weighted by atomic mass is 32.2. The van der Waals surface area contributed by atoms with Crippen molar-refractivity contribution in [2.24, 2.45) is 5.73 Å². The summed E-state index contributed by atoms with van der Waals surface area (Å²) in [6.07, 6.45) is 0.974. The number of carbonyl (C=O) groups excluding carboxylic acids is 3. The van der Waals surface area contributed by atoms with E-state index in [0.717, 1.165) is 6.26 Å². The first-order valence-electron chi connectivity index (χ1n) is 7.34. The van der Waals surface area contributed by atoms with Crippen LogP contribution >= 0.6 is 0 Å². The average Bonchev–Trinajstić information content (AvgIpc) is 2.59. The van der Waals surface area contributed by atoms with Gasteiger partial charge in [-0.1, -0.05) is 12.1 Å². The number of rotatable bonds is 6. The zero-order valence-corrected chi connectivity index (χ0v) is 14.6. The topological polar surface area (TPSA) is 133 Å². The van der Waals surface area contributed by atoms with E-state index in [1.165, 1.54) is 48.5 Å². The fraction of sp³-hybridized carbons (Fsp3) is 0.118. The molecule has 3 N–H and O–H groups in total. The maximum absolute atomic E-state index is 12.1. The van der Waals surface area contributed by atoms with Crippen molar-refractivity contribution in [1.82, 2.24) is 0 Å². The molecule has 9 heteroatoms. The minimum Gasteiger partial charge on any atom is -0.452 e. The Morgan fingerprint density at radius 3 is 2.23 bits per heavy atom. The summed E-state index contributed by atoms with van der Waals surface area (Å²) >= 11 is 0. The number of primary amides is 1. The third-order valence-corrected chi connectivity index (χ3v) is 4.45.